The fourth-order valence-electron chi connectivity index (χ4n) is 2.62. The third-order valence-corrected chi connectivity index (χ3v) is 4.27. The molecule has 0 aliphatic carbocycles. The van der Waals surface area contributed by atoms with Crippen LogP contribution in [0.4, 0.5) is 11.5 Å². The Kier molecular flexibility index (Phi) is 6.95. The van der Waals surface area contributed by atoms with Crippen molar-refractivity contribution < 1.29 is 0 Å². The van der Waals surface area contributed by atoms with Crippen molar-refractivity contribution in [3.63, 3.8) is 0 Å². The van der Waals surface area contributed by atoms with E-state index in [0.29, 0.717) is 18.2 Å². The molecule has 1 aromatic carbocycles. The highest BCUT2D eigenvalue weighted by Crippen LogP contribution is 2.18. The van der Waals surface area contributed by atoms with Crippen molar-refractivity contribution in [1.82, 2.24) is 14.9 Å². The molecule has 8 heteroatoms. The van der Waals surface area contributed by atoms with Crippen LogP contribution in [0.15, 0.2) is 52.1 Å². The van der Waals surface area contributed by atoms with E-state index in [2.05, 4.69) is 16.9 Å². The van der Waals surface area contributed by atoms with Gasteiger partial charge in [-0.25, -0.2) is 4.79 Å². The summed E-state index contributed by atoms with van der Waals surface area (Å²) >= 11 is 5.44. The molecule has 1 aromatic heterocycles. The van der Waals surface area contributed by atoms with Crippen molar-refractivity contribution in [2.45, 2.75) is 26.8 Å². The maximum atomic E-state index is 12.5. The Morgan fingerprint density at radius 2 is 2.00 bits per heavy atom. The van der Waals surface area contributed by atoms with Gasteiger partial charge in [-0.15, -0.1) is 0 Å². The van der Waals surface area contributed by atoms with Gasteiger partial charge >= 0.3 is 5.69 Å². The van der Waals surface area contributed by atoms with E-state index in [1.165, 1.54) is 4.57 Å². The quantitative estimate of drug-likeness (QED) is 0.496. The van der Waals surface area contributed by atoms with Crippen LogP contribution in [0.25, 0.3) is 0 Å². The van der Waals surface area contributed by atoms with Gasteiger partial charge in [0.1, 0.15) is 5.82 Å². The van der Waals surface area contributed by atoms with Gasteiger partial charge in [-0.05, 0) is 31.1 Å². The summed E-state index contributed by atoms with van der Waals surface area (Å²) in [6, 6.07) is 9.42. The van der Waals surface area contributed by atoms with Crippen LogP contribution >= 0.6 is 12.2 Å². The molecule has 7 nitrogen and oxygen atoms in total. The largest absolute Gasteiger partial charge is 0.383 e. The number of nitrogens with zero attached hydrogens (tertiary/aromatic N) is 2. The van der Waals surface area contributed by atoms with Gasteiger partial charge in [0.05, 0.1) is 6.54 Å². The molecular formula is C19H25N5O2S. The summed E-state index contributed by atoms with van der Waals surface area (Å²) < 4.78 is 1.34. The zero-order valence-corrected chi connectivity index (χ0v) is 16.4. The first kappa shape index (κ1) is 20.4. The SMILES string of the molecule is C=C(C)CNC(=S)N(CCC)c1c(N)n(Cc2ccccc2)c(=O)[nH]c1=O. The predicted octanol–water partition coefficient (Wildman–Crippen LogP) is 1.83. The minimum absolute atomic E-state index is 0.0838. The molecular weight excluding hydrogens is 362 g/mol. The smallest absolute Gasteiger partial charge is 0.330 e. The first-order chi connectivity index (χ1) is 12.8. The molecule has 0 radical (unpaired) electrons. The molecule has 0 spiro atoms. The number of H-pyrrole nitrogens is 1. The summed E-state index contributed by atoms with van der Waals surface area (Å²) in [5.41, 5.74) is 7.12. The molecule has 27 heavy (non-hydrogen) atoms. The summed E-state index contributed by atoms with van der Waals surface area (Å²) in [5.74, 6) is 0.0838. The Labute approximate surface area is 163 Å². The average Bonchev–Trinajstić information content (AvgIpc) is 2.63. The highest BCUT2D eigenvalue weighted by molar-refractivity contribution is 7.80. The second-order valence-electron chi connectivity index (χ2n) is 6.33. The fraction of sp³-hybridized carbons (Fsp3) is 0.316. The van der Waals surface area contributed by atoms with Gasteiger partial charge in [0, 0.05) is 13.1 Å². The number of benzene rings is 1. The number of nitrogens with one attached hydrogen (secondary N) is 2. The molecule has 1 heterocycles. The van der Waals surface area contributed by atoms with Crippen LogP contribution in [0.1, 0.15) is 25.8 Å². The Bertz CT molecular complexity index is 933. The minimum Gasteiger partial charge on any atom is -0.383 e. The van der Waals surface area contributed by atoms with Crippen LogP contribution in [0.3, 0.4) is 0 Å². The van der Waals surface area contributed by atoms with Crippen LogP contribution in [0.5, 0.6) is 0 Å². The second-order valence-corrected chi connectivity index (χ2v) is 6.72. The molecule has 2 aromatic rings. The maximum absolute atomic E-state index is 12.5. The van der Waals surface area contributed by atoms with Gasteiger partial charge in [-0.2, -0.15) is 0 Å². The predicted molar refractivity (Wildman–Crippen MR) is 114 cm³/mol. The molecule has 0 unspecified atom stereocenters. The van der Waals surface area contributed by atoms with Crippen molar-refractivity contribution in [3.05, 3.63) is 68.9 Å². The van der Waals surface area contributed by atoms with Crippen molar-refractivity contribution >= 4 is 28.8 Å². The van der Waals surface area contributed by atoms with Gasteiger partial charge in [-0.1, -0.05) is 49.4 Å². The van der Waals surface area contributed by atoms with E-state index in [9.17, 15) is 9.59 Å². The van der Waals surface area contributed by atoms with Crippen LogP contribution in [-0.2, 0) is 6.54 Å². The minimum atomic E-state index is -0.560. The lowest BCUT2D eigenvalue weighted by Crippen LogP contribution is -2.46. The first-order valence-electron chi connectivity index (χ1n) is 8.71. The lowest BCUT2D eigenvalue weighted by atomic mass is 10.2. The van der Waals surface area contributed by atoms with E-state index in [1.807, 2.05) is 44.2 Å². The zero-order chi connectivity index (χ0) is 20.0. The molecule has 2 rings (SSSR count). The van der Waals surface area contributed by atoms with E-state index in [-0.39, 0.29) is 18.1 Å². The fourth-order valence-corrected chi connectivity index (χ4v) is 2.88. The van der Waals surface area contributed by atoms with E-state index in [4.69, 9.17) is 18.0 Å². The highest BCUT2D eigenvalue weighted by Gasteiger charge is 2.21. The molecule has 144 valence electrons. The van der Waals surface area contributed by atoms with Crippen molar-refractivity contribution in [3.8, 4) is 0 Å². The summed E-state index contributed by atoms with van der Waals surface area (Å²) in [4.78, 5) is 28.8. The van der Waals surface area contributed by atoms with Gasteiger partial charge in [-0.3, -0.25) is 14.3 Å². The van der Waals surface area contributed by atoms with Gasteiger partial charge in [0.15, 0.2) is 10.8 Å². The lowest BCUT2D eigenvalue weighted by Gasteiger charge is -2.26. The molecule has 0 saturated heterocycles. The third kappa shape index (κ3) is 5.07. The summed E-state index contributed by atoms with van der Waals surface area (Å²) in [7, 11) is 0. The van der Waals surface area contributed by atoms with Crippen molar-refractivity contribution in [2.24, 2.45) is 0 Å². The molecule has 0 aliphatic rings. The number of aromatic amines is 1. The van der Waals surface area contributed by atoms with E-state index in [1.54, 1.807) is 4.90 Å². The average molecular weight is 388 g/mol. The number of nitrogens with two attached hydrogens (primary N) is 1. The zero-order valence-electron chi connectivity index (χ0n) is 15.6. The van der Waals surface area contributed by atoms with Gasteiger partial charge in [0.2, 0.25) is 0 Å². The van der Waals surface area contributed by atoms with Crippen molar-refractivity contribution in [1.29, 1.82) is 0 Å². The Morgan fingerprint density at radius 3 is 2.59 bits per heavy atom. The Hall–Kier alpha value is -2.87. The standard InChI is InChI=1S/C19H25N5O2S/c1-4-10-23(19(27)21-11-13(2)3)15-16(20)24(18(26)22-17(15)25)12-14-8-6-5-7-9-14/h5-9H,2,4,10-12,20H2,1,3H3,(H,21,27)(H,22,25,26). The number of aromatic nitrogens is 2. The number of thiocarbonyl (C=S) groups is 1. The van der Waals surface area contributed by atoms with Crippen molar-refractivity contribution in [2.75, 3.05) is 23.7 Å². The summed E-state index contributed by atoms with van der Waals surface area (Å²) in [5, 5.41) is 3.43. The Balaban J connectivity index is 2.48. The topological polar surface area (TPSA) is 96.2 Å². The van der Waals surface area contributed by atoms with Crippen LogP contribution in [0, 0.1) is 0 Å². The van der Waals surface area contributed by atoms with Gasteiger partial charge in [0.25, 0.3) is 5.56 Å². The molecule has 0 atom stereocenters. The van der Waals surface area contributed by atoms with E-state index >= 15 is 0 Å². The third-order valence-electron chi connectivity index (χ3n) is 3.90. The van der Waals surface area contributed by atoms with E-state index in [0.717, 1.165) is 17.6 Å². The lowest BCUT2D eigenvalue weighted by molar-refractivity contribution is 0.727. The number of nitrogen functional groups attached to an aromatic ring is 1. The normalized spacial score (nSPS) is 10.4. The molecule has 0 saturated carbocycles. The van der Waals surface area contributed by atoms with Crippen LogP contribution in [0.2, 0.25) is 0 Å². The molecule has 0 fully saturated rings. The van der Waals surface area contributed by atoms with E-state index < -0.39 is 11.2 Å². The number of hydrogen-bond acceptors (Lipinski definition) is 4. The van der Waals surface area contributed by atoms with Crippen LogP contribution in [-0.4, -0.2) is 27.8 Å². The number of anilines is 2. The highest BCUT2D eigenvalue weighted by atomic mass is 32.1. The molecule has 0 amide bonds. The number of rotatable bonds is 7. The van der Waals surface area contributed by atoms with Crippen LogP contribution < -0.4 is 27.2 Å². The van der Waals surface area contributed by atoms with Gasteiger partial charge < -0.3 is 16.0 Å². The summed E-state index contributed by atoms with van der Waals surface area (Å²) in [6.45, 7) is 8.90. The summed E-state index contributed by atoms with van der Waals surface area (Å²) in [6.07, 6.45) is 0.742. The molecule has 4 N–H and O–H groups in total. The first-order valence-corrected chi connectivity index (χ1v) is 9.12. The molecule has 0 bridgehead atoms. The maximum Gasteiger partial charge on any atom is 0.330 e. The monoisotopic (exact) mass is 387 g/mol. The number of hydrogen-bond donors (Lipinski definition) is 3. The molecule has 0 aliphatic heterocycles. The second kappa shape index (κ2) is 9.18. The Morgan fingerprint density at radius 1 is 1.33 bits per heavy atom.